The molecule has 3 rings (SSSR count). The van der Waals surface area contributed by atoms with Gasteiger partial charge in [0.1, 0.15) is 18.1 Å². The van der Waals surface area contributed by atoms with E-state index in [1.54, 1.807) is 7.11 Å². The van der Waals surface area contributed by atoms with Crippen LogP contribution < -0.4 is 9.47 Å². The van der Waals surface area contributed by atoms with Gasteiger partial charge in [-0.05, 0) is 49.2 Å². The highest BCUT2D eigenvalue weighted by Gasteiger charge is 2.04. The predicted octanol–water partition coefficient (Wildman–Crippen LogP) is 5.26. The summed E-state index contributed by atoms with van der Waals surface area (Å²) in [6.07, 6.45) is -0.0393. The summed E-state index contributed by atoms with van der Waals surface area (Å²) in [5, 5.41) is 8.69. The Hall–Kier alpha value is -2.86. The van der Waals surface area contributed by atoms with Crippen LogP contribution in [0.1, 0.15) is 25.0 Å². The molecule has 5 heteroatoms. The molecule has 32 heavy (non-hydrogen) atoms. The van der Waals surface area contributed by atoms with E-state index in [-0.39, 0.29) is 18.8 Å². The van der Waals surface area contributed by atoms with Crippen molar-refractivity contribution >= 4 is 0 Å². The average molecular weight is 439 g/mol. The molecule has 0 fully saturated rings. The van der Waals surface area contributed by atoms with Gasteiger partial charge in [0, 0.05) is 0 Å². The highest BCUT2D eigenvalue weighted by atomic mass is 16.5. The molecule has 0 radical (unpaired) electrons. The molecule has 0 spiro atoms. The fraction of sp³-hybridized carbons (Fsp3) is 0.333. The van der Waals surface area contributed by atoms with Crippen LogP contribution in [0, 0.1) is 0 Å². The van der Waals surface area contributed by atoms with E-state index >= 15 is 0 Å². The molecule has 1 N–H and O–H groups in total. The molecule has 172 valence electrons. The molecule has 2 unspecified atom stereocenters. The van der Waals surface area contributed by atoms with E-state index in [4.69, 9.17) is 24.1 Å². The monoisotopic (exact) mass is 438 g/mol. The summed E-state index contributed by atoms with van der Waals surface area (Å²) in [6, 6.07) is 27.6. The number of hydrogen-bond acceptors (Lipinski definition) is 5. The zero-order valence-electron chi connectivity index (χ0n) is 19.1. The molecule has 0 saturated heterocycles. The third kappa shape index (κ3) is 10.4. The fourth-order valence-electron chi connectivity index (χ4n) is 2.61. The van der Waals surface area contributed by atoms with Gasteiger partial charge in [-0.3, -0.25) is 0 Å². The lowest BCUT2D eigenvalue weighted by molar-refractivity contribution is 0.0145. The van der Waals surface area contributed by atoms with Crippen molar-refractivity contribution < 1.29 is 24.1 Å². The molecular formula is C27H34O5. The Balaban J connectivity index is 0.000000258. The van der Waals surface area contributed by atoms with Crippen molar-refractivity contribution in [3.8, 4) is 11.5 Å². The first-order chi connectivity index (χ1) is 15.6. The van der Waals surface area contributed by atoms with E-state index in [9.17, 15) is 0 Å². The summed E-state index contributed by atoms with van der Waals surface area (Å²) in [6.45, 7) is 5.64. The van der Waals surface area contributed by atoms with Gasteiger partial charge in [-0.25, -0.2) is 0 Å². The summed E-state index contributed by atoms with van der Waals surface area (Å²) in [5.41, 5.74) is 2.31. The molecule has 3 aromatic rings. The van der Waals surface area contributed by atoms with Gasteiger partial charge in [-0.15, -0.1) is 0 Å². The summed E-state index contributed by atoms with van der Waals surface area (Å²) in [5.74, 6) is 1.65. The van der Waals surface area contributed by atoms with Crippen LogP contribution in [0.15, 0.2) is 84.9 Å². The summed E-state index contributed by atoms with van der Waals surface area (Å²) >= 11 is 0. The molecule has 0 aliphatic heterocycles. The Kier molecular flexibility index (Phi) is 11.9. The number of rotatable bonds is 11. The third-order valence-electron chi connectivity index (χ3n) is 4.56. The summed E-state index contributed by atoms with van der Waals surface area (Å²) in [4.78, 5) is 0. The normalized spacial score (nSPS) is 12.2. The van der Waals surface area contributed by atoms with Crippen LogP contribution in [0.4, 0.5) is 0 Å². The Morgan fingerprint density at radius 2 is 1.12 bits per heavy atom. The molecule has 3 aromatic carbocycles. The van der Waals surface area contributed by atoms with Crippen LogP contribution in [0.2, 0.25) is 0 Å². The lowest BCUT2D eigenvalue weighted by Gasteiger charge is -2.14. The summed E-state index contributed by atoms with van der Waals surface area (Å²) < 4.78 is 21.8. The van der Waals surface area contributed by atoms with Crippen molar-refractivity contribution in [1.29, 1.82) is 0 Å². The molecule has 0 heterocycles. The number of methoxy groups -OCH3 is 1. The van der Waals surface area contributed by atoms with Crippen molar-refractivity contribution in [3.63, 3.8) is 0 Å². The predicted molar refractivity (Wildman–Crippen MR) is 127 cm³/mol. The fourth-order valence-corrected chi connectivity index (χ4v) is 2.61. The Bertz CT molecular complexity index is 837. The van der Waals surface area contributed by atoms with Crippen molar-refractivity contribution in [3.05, 3.63) is 96.1 Å². The molecular weight excluding hydrogens is 404 g/mol. The topological polar surface area (TPSA) is 57.2 Å². The van der Waals surface area contributed by atoms with E-state index in [1.807, 2.05) is 86.6 Å². The van der Waals surface area contributed by atoms with Gasteiger partial charge in [0.15, 0.2) is 0 Å². The lowest BCUT2D eigenvalue weighted by Crippen LogP contribution is -2.17. The number of hydrogen-bond donors (Lipinski definition) is 1. The van der Waals surface area contributed by atoms with Crippen LogP contribution in [-0.2, 0) is 22.7 Å². The molecule has 0 saturated carbocycles. The van der Waals surface area contributed by atoms with E-state index in [0.717, 1.165) is 17.1 Å². The average Bonchev–Trinajstić information content (AvgIpc) is 2.86. The quantitative estimate of drug-likeness (QED) is 0.442. The van der Waals surface area contributed by atoms with E-state index in [2.05, 4.69) is 12.1 Å². The largest absolute Gasteiger partial charge is 0.497 e. The maximum atomic E-state index is 8.69. The smallest absolute Gasteiger partial charge is 0.119 e. The number of aliphatic hydroxyl groups is 1. The van der Waals surface area contributed by atoms with Crippen LogP contribution >= 0.6 is 0 Å². The first kappa shape index (κ1) is 25.4. The highest BCUT2D eigenvalue weighted by molar-refractivity contribution is 5.31. The minimum Gasteiger partial charge on any atom is -0.497 e. The first-order valence-corrected chi connectivity index (χ1v) is 10.8. The standard InChI is InChI=1S/C17H20O3.C10H14O2/c1-14(19-13-15-6-4-3-5-7-15)12-20-17-10-8-16(18-2)9-11-17;1-9(7-11)12-8-10-5-3-2-4-6-10/h3-11,14H,12-13H2,1-2H3;2-6,9,11H,7-8H2,1H3. The van der Waals surface area contributed by atoms with Crippen molar-refractivity contribution in [1.82, 2.24) is 0 Å². The Morgan fingerprint density at radius 1 is 0.656 bits per heavy atom. The van der Waals surface area contributed by atoms with Gasteiger partial charge >= 0.3 is 0 Å². The maximum Gasteiger partial charge on any atom is 0.119 e. The van der Waals surface area contributed by atoms with Gasteiger partial charge in [0.05, 0.1) is 39.1 Å². The van der Waals surface area contributed by atoms with Crippen molar-refractivity contribution in [2.45, 2.75) is 39.3 Å². The minimum absolute atomic E-state index is 0.0392. The second kappa shape index (κ2) is 15.0. The van der Waals surface area contributed by atoms with Crippen molar-refractivity contribution in [2.75, 3.05) is 20.3 Å². The second-order valence-corrected chi connectivity index (χ2v) is 7.38. The van der Waals surface area contributed by atoms with Crippen molar-refractivity contribution in [2.24, 2.45) is 0 Å². The zero-order valence-corrected chi connectivity index (χ0v) is 19.1. The lowest BCUT2D eigenvalue weighted by atomic mass is 10.2. The third-order valence-corrected chi connectivity index (χ3v) is 4.56. The van der Waals surface area contributed by atoms with E-state index < -0.39 is 0 Å². The van der Waals surface area contributed by atoms with Gasteiger partial charge in [0.25, 0.3) is 0 Å². The van der Waals surface area contributed by atoms with Gasteiger partial charge < -0.3 is 24.1 Å². The molecule has 0 aromatic heterocycles. The zero-order chi connectivity index (χ0) is 23.0. The van der Waals surface area contributed by atoms with E-state index in [0.29, 0.717) is 19.8 Å². The number of benzene rings is 3. The Labute approximate surface area is 191 Å². The number of aliphatic hydroxyl groups excluding tert-OH is 1. The van der Waals surface area contributed by atoms with Crippen LogP contribution in [0.25, 0.3) is 0 Å². The van der Waals surface area contributed by atoms with Crippen LogP contribution in [-0.4, -0.2) is 37.6 Å². The molecule has 0 aliphatic carbocycles. The molecule has 0 amide bonds. The number of ether oxygens (including phenoxy) is 4. The van der Waals surface area contributed by atoms with Crippen LogP contribution in [0.5, 0.6) is 11.5 Å². The molecule has 2 atom stereocenters. The second-order valence-electron chi connectivity index (χ2n) is 7.38. The highest BCUT2D eigenvalue weighted by Crippen LogP contribution is 2.17. The SMILES string of the molecule is CC(CO)OCc1ccccc1.COc1ccc(OCC(C)OCc2ccccc2)cc1. The summed E-state index contributed by atoms with van der Waals surface area (Å²) in [7, 11) is 1.65. The van der Waals surface area contributed by atoms with Gasteiger partial charge in [-0.2, -0.15) is 0 Å². The maximum absolute atomic E-state index is 8.69. The van der Waals surface area contributed by atoms with Crippen LogP contribution in [0.3, 0.4) is 0 Å². The first-order valence-electron chi connectivity index (χ1n) is 10.8. The molecule has 5 nitrogen and oxygen atoms in total. The molecule has 0 bridgehead atoms. The Morgan fingerprint density at radius 3 is 1.59 bits per heavy atom. The van der Waals surface area contributed by atoms with Gasteiger partial charge in [-0.1, -0.05) is 60.7 Å². The molecule has 0 aliphatic rings. The van der Waals surface area contributed by atoms with Gasteiger partial charge in [0.2, 0.25) is 0 Å². The van der Waals surface area contributed by atoms with E-state index in [1.165, 1.54) is 5.56 Å². The minimum atomic E-state index is -0.0785.